The van der Waals surface area contributed by atoms with E-state index in [0.29, 0.717) is 11.1 Å². The van der Waals surface area contributed by atoms with Crippen molar-refractivity contribution in [3.8, 4) is 0 Å². The van der Waals surface area contributed by atoms with Gasteiger partial charge in [0.15, 0.2) is 0 Å². The van der Waals surface area contributed by atoms with Crippen LogP contribution in [0.1, 0.15) is 11.1 Å². The molecule has 0 spiro atoms. The molecule has 0 amide bonds. The molecule has 0 aliphatic carbocycles. The first-order valence-corrected chi connectivity index (χ1v) is 3.68. The summed E-state index contributed by atoms with van der Waals surface area (Å²) in [6, 6.07) is 4.37. The fourth-order valence-corrected chi connectivity index (χ4v) is 1.11. The molecule has 0 N–H and O–H groups in total. The molecule has 1 rings (SSSR count). The van der Waals surface area contributed by atoms with Gasteiger partial charge >= 0.3 is 58.4 Å². The van der Waals surface area contributed by atoms with Gasteiger partial charge in [-0.3, -0.25) is 0 Å². The van der Waals surface area contributed by atoms with Gasteiger partial charge in [-0.1, -0.05) is 29.3 Å². The zero-order valence-corrected chi connectivity index (χ0v) is 11.1. The molecular formula is C8H9BF3K. The van der Waals surface area contributed by atoms with Gasteiger partial charge in [0.05, 0.1) is 0 Å². The number of hydrogen-bond donors (Lipinski definition) is 0. The number of halogens is 3. The first-order valence-electron chi connectivity index (χ1n) is 3.68. The first kappa shape index (κ1) is 13.7. The van der Waals surface area contributed by atoms with Crippen LogP contribution in [0.4, 0.5) is 12.9 Å². The third-order valence-corrected chi connectivity index (χ3v) is 1.79. The summed E-state index contributed by atoms with van der Waals surface area (Å²) >= 11 is 0. The molecule has 0 saturated carbocycles. The van der Waals surface area contributed by atoms with Crippen LogP contribution in [-0.2, 0) is 0 Å². The predicted molar refractivity (Wildman–Crippen MR) is 44.6 cm³/mol. The van der Waals surface area contributed by atoms with Gasteiger partial charge in [0.2, 0.25) is 0 Å². The van der Waals surface area contributed by atoms with Crippen LogP contribution in [0.15, 0.2) is 18.2 Å². The summed E-state index contributed by atoms with van der Waals surface area (Å²) in [6.45, 7) is -1.71. The largest absolute Gasteiger partial charge is 1.00 e. The summed E-state index contributed by atoms with van der Waals surface area (Å²) in [5.41, 5.74) is 0.470. The van der Waals surface area contributed by atoms with E-state index in [9.17, 15) is 12.9 Å². The maximum absolute atomic E-state index is 12.3. The van der Waals surface area contributed by atoms with Gasteiger partial charge in [-0.2, -0.15) is 0 Å². The van der Waals surface area contributed by atoms with Crippen LogP contribution in [0.3, 0.4) is 0 Å². The van der Waals surface area contributed by atoms with E-state index in [4.69, 9.17) is 0 Å². The molecule has 5 heteroatoms. The quantitative estimate of drug-likeness (QED) is 0.543. The van der Waals surface area contributed by atoms with E-state index in [1.807, 2.05) is 0 Å². The van der Waals surface area contributed by atoms with E-state index in [1.54, 1.807) is 13.0 Å². The first-order chi connectivity index (χ1) is 5.41. The fourth-order valence-electron chi connectivity index (χ4n) is 1.11. The van der Waals surface area contributed by atoms with E-state index in [1.165, 1.54) is 19.1 Å². The molecule has 13 heavy (non-hydrogen) atoms. The van der Waals surface area contributed by atoms with Crippen molar-refractivity contribution >= 4 is 12.4 Å². The predicted octanol–water partition coefficient (Wildman–Crippen LogP) is -0.638. The topological polar surface area (TPSA) is 0 Å². The van der Waals surface area contributed by atoms with Crippen molar-refractivity contribution in [2.24, 2.45) is 0 Å². The molecule has 0 unspecified atom stereocenters. The van der Waals surface area contributed by atoms with Gasteiger partial charge in [-0.05, 0) is 13.8 Å². The van der Waals surface area contributed by atoms with Gasteiger partial charge in [0.25, 0.3) is 0 Å². The molecule has 0 aliphatic heterocycles. The van der Waals surface area contributed by atoms with Gasteiger partial charge in [0.1, 0.15) is 0 Å². The fraction of sp³-hybridized carbons (Fsp3) is 0.250. The Morgan fingerprint density at radius 1 is 1.08 bits per heavy atom. The molecule has 0 nitrogen and oxygen atoms in total. The van der Waals surface area contributed by atoms with E-state index in [0.717, 1.165) is 0 Å². The third kappa shape index (κ3) is 3.75. The van der Waals surface area contributed by atoms with Crippen molar-refractivity contribution in [2.75, 3.05) is 0 Å². The Balaban J connectivity index is 0.00000144. The van der Waals surface area contributed by atoms with Crippen molar-refractivity contribution in [3.63, 3.8) is 0 Å². The van der Waals surface area contributed by atoms with Crippen LogP contribution >= 0.6 is 0 Å². The summed E-state index contributed by atoms with van der Waals surface area (Å²) < 4.78 is 36.9. The molecule has 0 bridgehead atoms. The molecule has 0 fully saturated rings. The number of hydrogen-bond acceptors (Lipinski definition) is 0. The van der Waals surface area contributed by atoms with Gasteiger partial charge < -0.3 is 12.9 Å². The normalized spacial score (nSPS) is 10.8. The summed E-state index contributed by atoms with van der Waals surface area (Å²) in [4.78, 5) is 0. The molecule has 0 radical (unpaired) electrons. The van der Waals surface area contributed by atoms with E-state index < -0.39 is 12.4 Å². The van der Waals surface area contributed by atoms with Crippen LogP contribution in [0.25, 0.3) is 0 Å². The van der Waals surface area contributed by atoms with E-state index in [2.05, 4.69) is 0 Å². The average molecular weight is 212 g/mol. The van der Waals surface area contributed by atoms with E-state index >= 15 is 0 Å². The number of benzene rings is 1. The monoisotopic (exact) mass is 212 g/mol. The molecule has 1 aromatic carbocycles. The number of rotatable bonds is 1. The molecule has 0 aliphatic rings. The standard InChI is InChI=1S/C8H9BF3.K/c1-6-3-4-7(2)8(5-6)9(10,11)12;/h3-5H,1-2H3;/q-1;+1. The Morgan fingerprint density at radius 2 is 1.62 bits per heavy atom. The molecular weight excluding hydrogens is 203 g/mol. The Bertz CT molecular complexity index is 296. The maximum Gasteiger partial charge on any atom is 1.00 e. The Morgan fingerprint density at radius 3 is 2.00 bits per heavy atom. The zero-order valence-electron chi connectivity index (χ0n) is 7.94. The molecule has 0 atom stereocenters. The zero-order chi connectivity index (χ0) is 9.35. The SMILES string of the molecule is Cc1ccc(C)c([B-](F)(F)F)c1.[K+]. The van der Waals surface area contributed by atoms with Crippen LogP contribution in [0.2, 0.25) is 0 Å². The van der Waals surface area contributed by atoms with Crippen molar-refractivity contribution in [1.29, 1.82) is 0 Å². The van der Waals surface area contributed by atoms with Crippen LogP contribution in [0.5, 0.6) is 0 Å². The molecule has 1 aromatic rings. The van der Waals surface area contributed by atoms with Gasteiger partial charge in [-0.15, -0.1) is 5.46 Å². The minimum Gasteiger partial charge on any atom is -0.445 e. The maximum atomic E-state index is 12.3. The molecule has 0 aromatic heterocycles. The second-order valence-electron chi connectivity index (χ2n) is 2.93. The van der Waals surface area contributed by atoms with Crippen molar-refractivity contribution in [1.82, 2.24) is 0 Å². The van der Waals surface area contributed by atoms with E-state index in [-0.39, 0.29) is 51.4 Å². The minimum atomic E-state index is -4.85. The van der Waals surface area contributed by atoms with Gasteiger partial charge in [0, 0.05) is 0 Å². The summed E-state index contributed by atoms with van der Waals surface area (Å²) in [7, 11) is 0. The van der Waals surface area contributed by atoms with Crippen LogP contribution in [-0.4, -0.2) is 6.98 Å². The molecule has 0 saturated heterocycles. The van der Waals surface area contributed by atoms with Crippen LogP contribution in [0, 0.1) is 13.8 Å². The second-order valence-corrected chi connectivity index (χ2v) is 2.93. The average Bonchev–Trinajstić information content (AvgIpc) is 1.92. The summed E-state index contributed by atoms with van der Waals surface area (Å²) in [6.07, 6.45) is 0. The smallest absolute Gasteiger partial charge is 0.445 e. The Hall–Kier alpha value is 0.711. The van der Waals surface area contributed by atoms with Crippen molar-refractivity contribution in [3.05, 3.63) is 29.3 Å². The van der Waals surface area contributed by atoms with Crippen molar-refractivity contribution < 1.29 is 64.3 Å². The molecule has 0 heterocycles. The van der Waals surface area contributed by atoms with Crippen LogP contribution < -0.4 is 56.8 Å². The third-order valence-electron chi connectivity index (χ3n) is 1.79. The van der Waals surface area contributed by atoms with Gasteiger partial charge in [-0.25, -0.2) is 0 Å². The molecule has 66 valence electrons. The Labute approximate surface area is 118 Å². The summed E-state index contributed by atoms with van der Waals surface area (Å²) in [5.74, 6) is 0. The minimum absolute atomic E-state index is 0. The Kier molecular flexibility index (Phi) is 5.25. The number of aryl methyl sites for hydroxylation is 2. The van der Waals surface area contributed by atoms with Crippen molar-refractivity contribution in [2.45, 2.75) is 13.8 Å². The summed E-state index contributed by atoms with van der Waals surface area (Å²) in [5, 5.41) is 0. The second kappa shape index (κ2) is 4.98.